The van der Waals surface area contributed by atoms with Crippen LogP contribution in [0.2, 0.25) is 0 Å². The standard InChI is InChI=1S/C16H22N4O5.ClH/c1-16(2)8-19(4-3-14(16)17)7-15(21)18-10-5-12-13(25-9-24-12)6-11(10)20(22)23;/h5-6,14H,3-4,7-9,17H2,1-2H3,(H,18,21);1H. The third-order valence-electron chi connectivity index (χ3n) is 4.72. The zero-order valence-corrected chi connectivity index (χ0v) is 15.5. The second-order valence-electron chi connectivity index (χ2n) is 7.12. The van der Waals surface area contributed by atoms with Crippen LogP contribution in [0.15, 0.2) is 12.1 Å². The number of nitrogens with two attached hydrogens (primary N) is 1. The Balaban J connectivity index is 0.00000243. The van der Waals surface area contributed by atoms with E-state index >= 15 is 0 Å². The molecule has 1 saturated heterocycles. The van der Waals surface area contributed by atoms with Crippen LogP contribution >= 0.6 is 12.4 Å². The van der Waals surface area contributed by atoms with Gasteiger partial charge in [-0.3, -0.25) is 19.8 Å². The van der Waals surface area contributed by atoms with Gasteiger partial charge in [0.25, 0.3) is 5.69 Å². The Morgan fingerprint density at radius 3 is 2.69 bits per heavy atom. The minimum Gasteiger partial charge on any atom is -0.454 e. The molecule has 3 N–H and O–H groups in total. The van der Waals surface area contributed by atoms with Crippen LogP contribution in [-0.4, -0.2) is 48.2 Å². The monoisotopic (exact) mass is 386 g/mol. The summed E-state index contributed by atoms with van der Waals surface area (Å²) in [5.41, 5.74) is 5.91. The molecule has 26 heavy (non-hydrogen) atoms. The molecule has 1 fully saturated rings. The predicted octanol–water partition coefficient (Wildman–Crippen LogP) is 1.74. The first-order valence-corrected chi connectivity index (χ1v) is 8.12. The number of carbonyl (C=O) groups excluding carboxylic acids is 1. The molecule has 1 amide bonds. The third-order valence-corrected chi connectivity index (χ3v) is 4.72. The van der Waals surface area contributed by atoms with Gasteiger partial charge in [0.2, 0.25) is 12.7 Å². The number of hydrogen-bond donors (Lipinski definition) is 2. The molecule has 1 aromatic carbocycles. The molecule has 0 saturated carbocycles. The molecule has 1 aromatic rings. The number of likely N-dealkylation sites (tertiary alicyclic amines) is 1. The molecule has 0 spiro atoms. The maximum atomic E-state index is 12.4. The van der Waals surface area contributed by atoms with E-state index in [4.69, 9.17) is 15.2 Å². The van der Waals surface area contributed by atoms with Crippen molar-refractivity contribution < 1.29 is 19.2 Å². The van der Waals surface area contributed by atoms with Crippen LogP contribution in [0.3, 0.4) is 0 Å². The zero-order chi connectivity index (χ0) is 18.2. The molecule has 10 heteroatoms. The highest BCUT2D eigenvalue weighted by Gasteiger charge is 2.34. The van der Waals surface area contributed by atoms with Crippen molar-refractivity contribution in [3.63, 3.8) is 0 Å². The van der Waals surface area contributed by atoms with Gasteiger partial charge in [-0.2, -0.15) is 0 Å². The second kappa shape index (κ2) is 7.65. The van der Waals surface area contributed by atoms with Gasteiger partial charge < -0.3 is 20.5 Å². The van der Waals surface area contributed by atoms with Crippen LogP contribution in [-0.2, 0) is 4.79 Å². The van der Waals surface area contributed by atoms with Crippen molar-refractivity contribution in [2.24, 2.45) is 11.1 Å². The molecular formula is C16H23ClN4O5. The van der Waals surface area contributed by atoms with Gasteiger partial charge in [-0.1, -0.05) is 13.8 Å². The van der Waals surface area contributed by atoms with Crippen molar-refractivity contribution in [1.29, 1.82) is 0 Å². The maximum Gasteiger partial charge on any atom is 0.296 e. The van der Waals surface area contributed by atoms with Gasteiger partial charge >= 0.3 is 0 Å². The Bertz CT molecular complexity index is 712. The van der Waals surface area contributed by atoms with Crippen LogP contribution in [0.4, 0.5) is 11.4 Å². The Morgan fingerprint density at radius 2 is 2.08 bits per heavy atom. The van der Waals surface area contributed by atoms with Crippen LogP contribution in [0.25, 0.3) is 0 Å². The summed E-state index contributed by atoms with van der Waals surface area (Å²) >= 11 is 0. The van der Waals surface area contributed by atoms with Gasteiger partial charge in [-0.15, -0.1) is 12.4 Å². The van der Waals surface area contributed by atoms with Gasteiger partial charge in [0.1, 0.15) is 5.69 Å². The molecule has 2 heterocycles. The summed E-state index contributed by atoms with van der Waals surface area (Å²) in [4.78, 5) is 25.1. The number of nitro groups is 1. The molecule has 0 radical (unpaired) electrons. The summed E-state index contributed by atoms with van der Waals surface area (Å²) in [6.45, 7) is 5.73. The minimum atomic E-state index is -0.555. The first-order valence-electron chi connectivity index (χ1n) is 8.12. The fraction of sp³-hybridized carbons (Fsp3) is 0.562. The number of benzene rings is 1. The number of ether oxygens (including phenoxy) is 2. The Kier molecular flexibility index (Phi) is 5.94. The van der Waals surface area contributed by atoms with E-state index in [0.29, 0.717) is 18.0 Å². The van der Waals surface area contributed by atoms with Crippen molar-refractivity contribution in [2.45, 2.75) is 26.3 Å². The van der Waals surface area contributed by atoms with Crippen LogP contribution in [0, 0.1) is 15.5 Å². The van der Waals surface area contributed by atoms with E-state index in [1.54, 1.807) is 0 Å². The number of piperidine rings is 1. The fourth-order valence-corrected chi connectivity index (χ4v) is 3.20. The second-order valence-corrected chi connectivity index (χ2v) is 7.12. The number of carbonyl (C=O) groups is 1. The van der Waals surface area contributed by atoms with E-state index in [-0.39, 0.29) is 54.5 Å². The quantitative estimate of drug-likeness (QED) is 0.597. The summed E-state index contributed by atoms with van der Waals surface area (Å²) < 4.78 is 10.4. The first kappa shape index (κ1) is 20.2. The number of fused-ring (bicyclic) bond motifs is 1. The van der Waals surface area contributed by atoms with Crippen molar-refractivity contribution >= 4 is 29.7 Å². The number of amides is 1. The fourth-order valence-electron chi connectivity index (χ4n) is 3.20. The normalized spacial score (nSPS) is 21.0. The van der Waals surface area contributed by atoms with E-state index in [9.17, 15) is 14.9 Å². The van der Waals surface area contributed by atoms with E-state index in [0.717, 1.165) is 13.0 Å². The van der Waals surface area contributed by atoms with Crippen molar-refractivity contribution in [3.8, 4) is 11.5 Å². The largest absolute Gasteiger partial charge is 0.454 e. The lowest BCUT2D eigenvalue weighted by Crippen LogP contribution is -2.53. The number of nitrogens with zero attached hydrogens (tertiary/aromatic N) is 2. The molecular weight excluding hydrogens is 364 g/mol. The third kappa shape index (κ3) is 4.17. The lowest BCUT2D eigenvalue weighted by Gasteiger charge is -2.42. The van der Waals surface area contributed by atoms with Crippen molar-refractivity contribution in [2.75, 3.05) is 31.7 Å². The van der Waals surface area contributed by atoms with Gasteiger partial charge in [0.15, 0.2) is 11.5 Å². The van der Waals surface area contributed by atoms with E-state index in [1.165, 1.54) is 12.1 Å². The number of anilines is 1. The summed E-state index contributed by atoms with van der Waals surface area (Å²) in [5.74, 6) is 0.371. The highest BCUT2D eigenvalue weighted by atomic mass is 35.5. The average molecular weight is 387 g/mol. The van der Waals surface area contributed by atoms with Crippen LogP contribution in [0.1, 0.15) is 20.3 Å². The lowest BCUT2D eigenvalue weighted by atomic mass is 9.80. The lowest BCUT2D eigenvalue weighted by molar-refractivity contribution is -0.384. The highest BCUT2D eigenvalue weighted by molar-refractivity contribution is 5.95. The van der Waals surface area contributed by atoms with Gasteiger partial charge in [0.05, 0.1) is 17.5 Å². The number of hydrogen-bond acceptors (Lipinski definition) is 7. The average Bonchev–Trinajstić information content (AvgIpc) is 2.97. The zero-order valence-electron chi connectivity index (χ0n) is 14.7. The molecule has 0 aliphatic carbocycles. The smallest absolute Gasteiger partial charge is 0.296 e. The molecule has 1 unspecified atom stereocenters. The van der Waals surface area contributed by atoms with Crippen molar-refractivity contribution in [1.82, 2.24) is 4.90 Å². The Hall–Kier alpha value is -2.10. The maximum absolute atomic E-state index is 12.4. The number of rotatable bonds is 4. The minimum absolute atomic E-state index is 0. The summed E-state index contributed by atoms with van der Waals surface area (Å²) in [6, 6.07) is 2.79. The predicted molar refractivity (Wildman–Crippen MR) is 97.9 cm³/mol. The Morgan fingerprint density at radius 1 is 1.42 bits per heavy atom. The van der Waals surface area contributed by atoms with Crippen LogP contribution in [0.5, 0.6) is 11.5 Å². The van der Waals surface area contributed by atoms with Crippen LogP contribution < -0.4 is 20.5 Å². The SMILES string of the molecule is CC1(C)CN(CC(=O)Nc2cc3c(cc2[N+](=O)[O-])OCO3)CCC1N.Cl. The number of nitrogens with one attached hydrogen (secondary N) is 1. The van der Waals surface area contributed by atoms with Gasteiger partial charge in [0, 0.05) is 25.2 Å². The van der Waals surface area contributed by atoms with E-state index in [1.807, 2.05) is 4.90 Å². The molecule has 0 aromatic heterocycles. The van der Waals surface area contributed by atoms with E-state index < -0.39 is 4.92 Å². The number of nitro benzene ring substituents is 1. The molecule has 2 aliphatic heterocycles. The van der Waals surface area contributed by atoms with Gasteiger partial charge in [-0.05, 0) is 11.8 Å². The van der Waals surface area contributed by atoms with Crippen molar-refractivity contribution in [3.05, 3.63) is 22.2 Å². The number of halogens is 1. The molecule has 2 aliphatic rings. The summed E-state index contributed by atoms with van der Waals surface area (Å²) in [6.07, 6.45) is 0.810. The molecule has 0 bridgehead atoms. The molecule has 1 atom stereocenters. The summed E-state index contributed by atoms with van der Waals surface area (Å²) in [5, 5.41) is 13.9. The molecule has 3 rings (SSSR count). The molecule has 144 valence electrons. The van der Waals surface area contributed by atoms with Gasteiger partial charge in [-0.25, -0.2) is 0 Å². The summed E-state index contributed by atoms with van der Waals surface area (Å²) in [7, 11) is 0. The Labute approximate surface area is 157 Å². The first-order chi connectivity index (χ1) is 11.8. The molecule has 9 nitrogen and oxygen atoms in total. The highest BCUT2D eigenvalue weighted by Crippen LogP contribution is 2.40. The topological polar surface area (TPSA) is 120 Å². The van der Waals surface area contributed by atoms with E-state index in [2.05, 4.69) is 19.2 Å².